The van der Waals surface area contributed by atoms with Crippen molar-refractivity contribution in [3.05, 3.63) is 48.6 Å². The van der Waals surface area contributed by atoms with Crippen LogP contribution in [0.1, 0.15) is 32.8 Å². The highest BCUT2D eigenvalue weighted by atomic mass is 28.4. The Morgan fingerprint density at radius 3 is 2.52 bits per heavy atom. The van der Waals surface area contributed by atoms with Crippen LogP contribution in [-0.2, 0) is 15.8 Å². The van der Waals surface area contributed by atoms with Gasteiger partial charge in [0.15, 0.2) is 8.32 Å². The van der Waals surface area contributed by atoms with Crippen LogP contribution in [0.15, 0.2) is 43.0 Å². The van der Waals surface area contributed by atoms with Gasteiger partial charge in [-0.25, -0.2) is 4.79 Å². The fourth-order valence-corrected chi connectivity index (χ4v) is 4.10. The lowest BCUT2D eigenvalue weighted by Crippen LogP contribution is -2.44. The summed E-state index contributed by atoms with van der Waals surface area (Å²) in [6.07, 6.45) is 2.36. The SMILES string of the molecule is C=C[C@H]1C[C@@H](O[Si](C)(C)C(C)(C)C)CN1C(=O)OCc1ccccc1. The van der Waals surface area contributed by atoms with Crippen LogP contribution in [0.5, 0.6) is 0 Å². The van der Waals surface area contributed by atoms with Crippen molar-refractivity contribution < 1.29 is 14.0 Å². The van der Waals surface area contributed by atoms with E-state index >= 15 is 0 Å². The molecule has 5 heteroatoms. The van der Waals surface area contributed by atoms with Crippen molar-refractivity contribution in [1.82, 2.24) is 4.90 Å². The molecule has 1 amide bonds. The minimum absolute atomic E-state index is 0.0296. The van der Waals surface area contributed by atoms with E-state index in [0.717, 1.165) is 12.0 Å². The van der Waals surface area contributed by atoms with Gasteiger partial charge in [0.1, 0.15) is 6.61 Å². The van der Waals surface area contributed by atoms with Gasteiger partial charge >= 0.3 is 6.09 Å². The van der Waals surface area contributed by atoms with E-state index in [9.17, 15) is 4.79 Å². The van der Waals surface area contributed by atoms with Crippen LogP contribution >= 0.6 is 0 Å². The summed E-state index contributed by atoms with van der Waals surface area (Å²) in [6, 6.07) is 9.70. The van der Waals surface area contributed by atoms with E-state index in [0.29, 0.717) is 6.54 Å². The van der Waals surface area contributed by atoms with Crippen molar-refractivity contribution in [2.75, 3.05) is 6.54 Å². The second kappa shape index (κ2) is 7.75. The number of amides is 1. The molecule has 0 radical (unpaired) electrons. The van der Waals surface area contributed by atoms with Crippen molar-refractivity contribution in [3.8, 4) is 0 Å². The topological polar surface area (TPSA) is 38.8 Å². The van der Waals surface area contributed by atoms with Crippen LogP contribution in [0.25, 0.3) is 0 Å². The molecule has 1 aromatic rings. The third kappa shape index (κ3) is 4.95. The second-order valence-electron chi connectivity index (χ2n) is 8.23. The summed E-state index contributed by atoms with van der Waals surface area (Å²) in [5.74, 6) is 0. The molecule has 0 N–H and O–H groups in total. The van der Waals surface area contributed by atoms with Gasteiger partial charge in [-0.2, -0.15) is 0 Å². The second-order valence-corrected chi connectivity index (χ2v) is 13.0. The van der Waals surface area contributed by atoms with Crippen molar-refractivity contribution in [1.29, 1.82) is 0 Å². The molecule has 1 saturated heterocycles. The molecule has 0 bridgehead atoms. The Hall–Kier alpha value is -1.59. The maximum atomic E-state index is 12.5. The standard InChI is InChI=1S/C20H31NO3Si/c1-7-17-13-18(24-25(5,6)20(2,3)4)14-21(17)19(22)23-15-16-11-9-8-10-12-16/h7-12,17-18H,1,13-15H2,2-6H3/t17-,18+/m0/s1. The van der Waals surface area contributed by atoms with E-state index in [1.165, 1.54) is 0 Å². The molecular formula is C20H31NO3Si. The molecule has 2 rings (SSSR count). The van der Waals surface area contributed by atoms with E-state index in [1.807, 2.05) is 36.4 Å². The van der Waals surface area contributed by atoms with Crippen LogP contribution in [0.4, 0.5) is 4.79 Å². The average molecular weight is 362 g/mol. The summed E-state index contributed by atoms with van der Waals surface area (Å²) in [7, 11) is -1.86. The molecule has 0 saturated carbocycles. The van der Waals surface area contributed by atoms with Gasteiger partial charge in [-0.1, -0.05) is 57.2 Å². The van der Waals surface area contributed by atoms with Gasteiger partial charge in [0, 0.05) is 6.54 Å². The first-order chi connectivity index (χ1) is 11.6. The number of likely N-dealkylation sites (tertiary alicyclic amines) is 1. The van der Waals surface area contributed by atoms with Gasteiger partial charge in [0.25, 0.3) is 0 Å². The normalized spacial score (nSPS) is 21.2. The molecule has 2 atom stereocenters. The molecule has 0 aliphatic carbocycles. The Kier molecular flexibility index (Phi) is 6.11. The lowest BCUT2D eigenvalue weighted by molar-refractivity contribution is 0.0927. The summed E-state index contributed by atoms with van der Waals surface area (Å²) < 4.78 is 12.0. The smallest absolute Gasteiger partial charge is 0.410 e. The van der Waals surface area contributed by atoms with Crippen molar-refractivity contribution in [2.45, 2.75) is 64.1 Å². The monoisotopic (exact) mass is 361 g/mol. The molecule has 0 unspecified atom stereocenters. The third-order valence-corrected chi connectivity index (χ3v) is 9.82. The number of benzene rings is 1. The van der Waals surface area contributed by atoms with Crippen LogP contribution < -0.4 is 0 Å². The lowest BCUT2D eigenvalue weighted by atomic mass is 10.2. The summed E-state index contributed by atoms with van der Waals surface area (Å²) in [6.45, 7) is 15.9. The molecule has 1 aliphatic heterocycles. The summed E-state index contributed by atoms with van der Waals surface area (Å²) in [5.41, 5.74) is 0.985. The number of ether oxygens (including phenoxy) is 1. The first kappa shape index (κ1) is 19.7. The van der Waals surface area contributed by atoms with E-state index in [4.69, 9.17) is 9.16 Å². The Morgan fingerprint density at radius 1 is 1.32 bits per heavy atom. The number of hydrogen-bond acceptors (Lipinski definition) is 3. The van der Waals surface area contributed by atoms with Gasteiger partial charge < -0.3 is 9.16 Å². The largest absolute Gasteiger partial charge is 0.445 e. The summed E-state index contributed by atoms with van der Waals surface area (Å²) >= 11 is 0. The number of carbonyl (C=O) groups is 1. The Balaban J connectivity index is 1.96. The highest BCUT2D eigenvalue weighted by molar-refractivity contribution is 6.74. The van der Waals surface area contributed by atoms with Crippen molar-refractivity contribution in [2.24, 2.45) is 0 Å². The summed E-state index contributed by atoms with van der Waals surface area (Å²) in [5, 5.41) is 0.151. The molecule has 25 heavy (non-hydrogen) atoms. The van der Waals surface area contributed by atoms with Crippen LogP contribution in [0.3, 0.4) is 0 Å². The van der Waals surface area contributed by atoms with Crippen LogP contribution in [0.2, 0.25) is 18.1 Å². The molecule has 1 aliphatic rings. The van der Waals surface area contributed by atoms with Gasteiger partial charge in [-0.05, 0) is 30.1 Å². The first-order valence-corrected chi connectivity index (χ1v) is 11.8. The zero-order valence-corrected chi connectivity index (χ0v) is 17.1. The number of nitrogens with zero attached hydrogens (tertiary/aromatic N) is 1. The van der Waals surface area contributed by atoms with Crippen LogP contribution in [0, 0.1) is 0 Å². The van der Waals surface area contributed by atoms with Gasteiger partial charge in [0.05, 0.1) is 12.1 Å². The van der Waals surface area contributed by atoms with E-state index in [1.54, 1.807) is 4.90 Å². The minimum Gasteiger partial charge on any atom is -0.445 e. The predicted octanol–water partition coefficient (Wildman–Crippen LogP) is 4.97. The molecule has 4 nitrogen and oxygen atoms in total. The highest BCUT2D eigenvalue weighted by Gasteiger charge is 2.43. The number of carbonyl (C=O) groups excluding carboxylic acids is 1. The maximum absolute atomic E-state index is 12.5. The fraction of sp³-hybridized carbons (Fsp3) is 0.550. The Labute approximate surface area is 152 Å². The maximum Gasteiger partial charge on any atom is 0.410 e. The average Bonchev–Trinajstić information content (AvgIpc) is 2.95. The van der Waals surface area contributed by atoms with Gasteiger partial charge in [-0.3, -0.25) is 4.90 Å². The number of rotatable bonds is 5. The molecular weight excluding hydrogens is 330 g/mol. The molecule has 0 spiro atoms. The van der Waals surface area contributed by atoms with Crippen molar-refractivity contribution >= 4 is 14.4 Å². The molecule has 138 valence electrons. The van der Waals surface area contributed by atoms with Gasteiger partial charge in [0.2, 0.25) is 0 Å². The number of hydrogen-bond donors (Lipinski definition) is 0. The first-order valence-electron chi connectivity index (χ1n) is 8.92. The Morgan fingerprint density at radius 2 is 1.96 bits per heavy atom. The van der Waals surface area contributed by atoms with E-state index in [2.05, 4.69) is 40.4 Å². The zero-order chi connectivity index (χ0) is 18.7. The fourth-order valence-electron chi connectivity index (χ4n) is 2.74. The van der Waals surface area contributed by atoms with Crippen LogP contribution in [-0.4, -0.2) is 38.0 Å². The molecule has 1 heterocycles. The zero-order valence-electron chi connectivity index (χ0n) is 16.1. The van der Waals surface area contributed by atoms with E-state index in [-0.39, 0.29) is 29.9 Å². The summed E-state index contributed by atoms with van der Waals surface area (Å²) in [4.78, 5) is 14.3. The van der Waals surface area contributed by atoms with Crippen molar-refractivity contribution in [3.63, 3.8) is 0 Å². The highest BCUT2D eigenvalue weighted by Crippen LogP contribution is 2.39. The Bertz CT molecular complexity index is 595. The van der Waals surface area contributed by atoms with E-state index < -0.39 is 8.32 Å². The lowest BCUT2D eigenvalue weighted by Gasteiger charge is -2.38. The predicted molar refractivity (Wildman–Crippen MR) is 104 cm³/mol. The van der Waals surface area contributed by atoms with Gasteiger partial charge in [-0.15, -0.1) is 6.58 Å². The molecule has 1 aromatic carbocycles. The molecule has 1 fully saturated rings. The third-order valence-electron chi connectivity index (χ3n) is 5.28. The minimum atomic E-state index is -1.86. The quantitative estimate of drug-likeness (QED) is 0.549. The molecule has 0 aromatic heterocycles.